The van der Waals surface area contributed by atoms with Crippen molar-refractivity contribution in [1.82, 2.24) is 4.98 Å². The first-order valence-electron chi connectivity index (χ1n) is 9.20. The summed E-state index contributed by atoms with van der Waals surface area (Å²) in [4.78, 5) is 32.1. The molecule has 3 aromatic rings. The van der Waals surface area contributed by atoms with Crippen LogP contribution in [-0.2, 0) is 4.79 Å². The van der Waals surface area contributed by atoms with Crippen LogP contribution in [0.5, 0.6) is 5.75 Å². The fourth-order valence-corrected chi connectivity index (χ4v) is 4.28. The maximum atomic E-state index is 12.7. The normalized spacial score (nSPS) is 13.7. The summed E-state index contributed by atoms with van der Waals surface area (Å²) >= 11 is 7.35. The Bertz CT molecular complexity index is 1140. The van der Waals surface area contributed by atoms with E-state index < -0.39 is 6.10 Å². The molecule has 8 heteroatoms. The third-order valence-electron chi connectivity index (χ3n) is 4.58. The largest absolute Gasteiger partial charge is 0.481 e. The van der Waals surface area contributed by atoms with Gasteiger partial charge in [-0.3, -0.25) is 9.59 Å². The van der Waals surface area contributed by atoms with Crippen LogP contribution < -0.4 is 15.0 Å². The summed E-state index contributed by atoms with van der Waals surface area (Å²) in [6.07, 6.45) is 0.937. The highest BCUT2D eigenvalue weighted by Gasteiger charge is 2.26. The van der Waals surface area contributed by atoms with Gasteiger partial charge in [0, 0.05) is 28.9 Å². The molecule has 0 aliphatic carbocycles. The molecule has 0 radical (unpaired) electrons. The van der Waals surface area contributed by atoms with Gasteiger partial charge in [-0.2, -0.15) is 0 Å². The van der Waals surface area contributed by atoms with E-state index in [1.807, 2.05) is 12.1 Å². The molecule has 152 valence electrons. The number of benzene rings is 2. The quantitative estimate of drug-likeness (QED) is 0.627. The summed E-state index contributed by atoms with van der Waals surface area (Å²) in [5.41, 5.74) is 1.91. The molecule has 6 nitrogen and oxygen atoms in total. The van der Waals surface area contributed by atoms with Crippen molar-refractivity contribution < 1.29 is 14.3 Å². The molecule has 0 fully saturated rings. The number of halogens is 1. The number of nitrogens with one attached hydrogen (secondary N) is 1. The Morgan fingerprint density at radius 1 is 1.20 bits per heavy atom. The molecular formula is C22H18ClN3O3S. The van der Waals surface area contributed by atoms with Crippen molar-refractivity contribution in [3.63, 3.8) is 0 Å². The van der Waals surface area contributed by atoms with Crippen molar-refractivity contribution in [1.29, 1.82) is 0 Å². The molecule has 1 aliphatic heterocycles. The van der Waals surface area contributed by atoms with E-state index in [1.165, 1.54) is 11.8 Å². The third kappa shape index (κ3) is 4.13. The van der Waals surface area contributed by atoms with Crippen LogP contribution in [0.2, 0.25) is 5.02 Å². The van der Waals surface area contributed by atoms with Crippen molar-refractivity contribution in [2.24, 2.45) is 0 Å². The van der Waals surface area contributed by atoms with Gasteiger partial charge in [0.05, 0.1) is 11.3 Å². The number of carbonyl (C=O) groups excluding carboxylic acids is 2. The topological polar surface area (TPSA) is 71.5 Å². The van der Waals surface area contributed by atoms with Crippen molar-refractivity contribution in [2.75, 3.05) is 17.3 Å². The number of rotatable bonds is 4. The average Bonchev–Trinajstić information content (AvgIpc) is 2.83. The molecule has 2 amide bonds. The number of carbonyl (C=O) groups is 2. The van der Waals surface area contributed by atoms with E-state index in [0.29, 0.717) is 27.0 Å². The second-order valence-electron chi connectivity index (χ2n) is 6.71. The number of aromatic nitrogens is 1. The molecule has 1 aromatic heterocycles. The minimum atomic E-state index is -0.721. The van der Waals surface area contributed by atoms with Gasteiger partial charge in [0.2, 0.25) is 0 Å². The van der Waals surface area contributed by atoms with Gasteiger partial charge in [0.1, 0.15) is 10.8 Å². The molecule has 0 saturated carbocycles. The van der Waals surface area contributed by atoms with Crippen molar-refractivity contribution in [3.05, 3.63) is 71.4 Å². The van der Waals surface area contributed by atoms with Gasteiger partial charge in [-0.05, 0) is 55.5 Å². The van der Waals surface area contributed by atoms with E-state index in [2.05, 4.69) is 10.3 Å². The molecule has 0 saturated heterocycles. The monoisotopic (exact) mass is 439 g/mol. The predicted octanol–water partition coefficient (Wildman–Crippen LogP) is 4.88. The van der Waals surface area contributed by atoms with E-state index in [9.17, 15) is 9.59 Å². The smallest absolute Gasteiger partial charge is 0.265 e. The van der Waals surface area contributed by atoms with Gasteiger partial charge < -0.3 is 15.0 Å². The first-order chi connectivity index (χ1) is 14.4. The van der Waals surface area contributed by atoms with Gasteiger partial charge in [0.25, 0.3) is 11.8 Å². The first kappa shape index (κ1) is 20.3. The first-order valence-corrected chi connectivity index (χ1v) is 10.4. The van der Waals surface area contributed by atoms with Crippen molar-refractivity contribution in [2.45, 2.75) is 22.9 Å². The fourth-order valence-electron chi connectivity index (χ4n) is 3.02. The zero-order chi connectivity index (χ0) is 21.3. The van der Waals surface area contributed by atoms with Crippen LogP contribution in [0.15, 0.2) is 70.7 Å². The molecule has 4 rings (SSSR count). The minimum absolute atomic E-state index is 0.121. The van der Waals surface area contributed by atoms with E-state index in [-0.39, 0.29) is 11.8 Å². The summed E-state index contributed by atoms with van der Waals surface area (Å²) in [7, 11) is 1.73. The van der Waals surface area contributed by atoms with Crippen LogP contribution >= 0.6 is 23.4 Å². The number of fused-ring (bicyclic) bond motifs is 2. The molecular weight excluding hydrogens is 422 g/mol. The minimum Gasteiger partial charge on any atom is -0.481 e. The van der Waals surface area contributed by atoms with Gasteiger partial charge in [0.15, 0.2) is 6.10 Å². The number of pyridine rings is 1. The average molecular weight is 440 g/mol. The van der Waals surface area contributed by atoms with Crippen LogP contribution in [0.3, 0.4) is 0 Å². The molecule has 1 aliphatic rings. The summed E-state index contributed by atoms with van der Waals surface area (Å²) in [5, 5.41) is 4.03. The van der Waals surface area contributed by atoms with E-state index in [1.54, 1.807) is 67.5 Å². The van der Waals surface area contributed by atoms with Crippen molar-refractivity contribution in [3.8, 4) is 5.75 Å². The number of amides is 2. The highest BCUT2D eigenvalue weighted by atomic mass is 35.5. The van der Waals surface area contributed by atoms with Crippen LogP contribution in [0.4, 0.5) is 11.4 Å². The van der Waals surface area contributed by atoms with E-state index in [4.69, 9.17) is 16.3 Å². The lowest BCUT2D eigenvalue weighted by Gasteiger charge is -2.19. The van der Waals surface area contributed by atoms with Gasteiger partial charge in [-0.1, -0.05) is 29.4 Å². The van der Waals surface area contributed by atoms with Crippen LogP contribution in [-0.4, -0.2) is 29.9 Å². The number of nitrogens with zero attached hydrogens (tertiary/aromatic N) is 2. The summed E-state index contributed by atoms with van der Waals surface area (Å²) in [5.74, 6) is 0.103. The standard InChI is InChI=1S/C22H18ClN3O3S/c1-13(29-16-6-3-5-14(23)11-16)20(27)25-15-8-9-18-19(12-15)30-21-17(7-4-10-24-21)22(28)26(18)2/h3-13H,1-2H3,(H,25,27)/t13-/m1/s1. The summed E-state index contributed by atoms with van der Waals surface area (Å²) in [6, 6.07) is 15.8. The van der Waals surface area contributed by atoms with Gasteiger partial charge in [-0.15, -0.1) is 0 Å². The van der Waals surface area contributed by atoms with E-state index in [0.717, 1.165) is 10.6 Å². The Morgan fingerprint density at radius 3 is 2.83 bits per heavy atom. The molecule has 30 heavy (non-hydrogen) atoms. The van der Waals surface area contributed by atoms with Crippen LogP contribution in [0.1, 0.15) is 17.3 Å². The zero-order valence-corrected chi connectivity index (χ0v) is 17.8. The number of hydrogen-bond donors (Lipinski definition) is 1. The number of hydrogen-bond acceptors (Lipinski definition) is 5. The molecule has 0 spiro atoms. The maximum absolute atomic E-state index is 12.7. The molecule has 1 N–H and O–H groups in total. The second-order valence-corrected chi connectivity index (χ2v) is 8.18. The SMILES string of the molecule is C[C@@H](Oc1cccc(Cl)c1)C(=O)Nc1ccc2c(c1)Sc1ncccc1C(=O)N2C. The number of ether oxygens (including phenoxy) is 1. The lowest BCUT2D eigenvalue weighted by molar-refractivity contribution is -0.122. The lowest BCUT2D eigenvalue weighted by Crippen LogP contribution is -2.30. The summed E-state index contributed by atoms with van der Waals surface area (Å²) in [6.45, 7) is 1.67. The maximum Gasteiger partial charge on any atom is 0.265 e. The third-order valence-corrected chi connectivity index (χ3v) is 5.88. The second kappa shape index (κ2) is 8.38. The number of anilines is 2. The van der Waals surface area contributed by atoms with Crippen LogP contribution in [0.25, 0.3) is 0 Å². The Labute approximate surface area is 183 Å². The van der Waals surface area contributed by atoms with Gasteiger partial charge in [-0.25, -0.2) is 4.98 Å². The Morgan fingerprint density at radius 2 is 2.03 bits per heavy atom. The van der Waals surface area contributed by atoms with Crippen LogP contribution in [0, 0.1) is 0 Å². The fraction of sp³-hybridized carbons (Fsp3) is 0.136. The highest BCUT2D eigenvalue weighted by molar-refractivity contribution is 7.99. The Kier molecular flexibility index (Phi) is 5.65. The lowest BCUT2D eigenvalue weighted by atomic mass is 10.2. The Balaban J connectivity index is 1.54. The molecule has 0 bridgehead atoms. The van der Waals surface area contributed by atoms with E-state index >= 15 is 0 Å². The molecule has 1 atom stereocenters. The Hall–Kier alpha value is -3.03. The molecule has 2 heterocycles. The highest BCUT2D eigenvalue weighted by Crippen LogP contribution is 2.41. The predicted molar refractivity (Wildman–Crippen MR) is 118 cm³/mol. The molecule has 2 aromatic carbocycles. The van der Waals surface area contributed by atoms with Crippen molar-refractivity contribution >= 4 is 46.6 Å². The zero-order valence-electron chi connectivity index (χ0n) is 16.3. The summed E-state index contributed by atoms with van der Waals surface area (Å²) < 4.78 is 5.67. The molecule has 0 unspecified atom stereocenters. The van der Waals surface area contributed by atoms with Gasteiger partial charge >= 0.3 is 0 Å².